The molecule has 0 amide bonds. The van der Waals surface area contributed by atoms with Crippen molar-refractivity contribution in [3.05, 3.63) is 46.6 Å². The molecule has 1 unspecified atom stereocenters. The monoisotopic (exact) mass is 491 g/mol. The number of aromatic nitrogens is 3. The molecule has 4 rings (SSSR count). The van der Waals surface area contributed by atoms with Crippen molar-refractivity contribution in [3.63, 3.8) is 0 Å². The lowest BCUT2D eigenvalue weighted by Gasteiger charge is -2.31. The number of fused-ring (bicyclic) bond motifs is 1. The summed E-state index contributed by atoms with van der Waals surface area (Å²) in [7, 11) is 3.26. The Bertz CT molecular complexity index is 1050. The molecule has 3 aromatic rings. The Morgan fingerprint density at radius 1 is 1.39 bits per heavy atom. The van der Waals surface area contributed by atoms with E-state index in [1.54, 1.807) is 27.3 Å². The molecule has 1 aromatic carbocycles. The fraction of sp³-hybridized carbons (Fsp3) is 0.429. The number of imidazole rings is 1. The Labute approximate surface area is 188 Å². The summed E-state index contributed by atoms with van der Waals surface area (Å²) >= 11 is 3.57. The second-order valence-corrected chi connectivity index (χ2v) is 8.12. The fourth-order valence-electron chi connectivity index (χ4n) is 3.62. The van der Waals surface area contributed by atoms with Crippen molar-refractivity contribution in [2.45, 2.75) is 31.7 Å². The van der Waals surface area contributed by atoms with E-state index >= 15 is 0 Å². The highest BCUT2D eigenvalue weighted by Crippen LogP contribution is 2.31. The molecule has 9 nitrogen and oxygen atoms in total. The van der Waals surface area contributed by atoms with Gasteiger partial charge in [0.1, 0.15) is 33.5 Å². The molecular weight excluding hydrogens is 466 g/mol. The first-order chi connectivity index (χ1) is 15.0. The third kappa shape index (κ3) is 4.47. The number of anilines is 1. The molecular formula is C21H26BrN5O4. The minimum absolute atomic E-state index is 0.0794. The second kappa shape index (κ2) is 9.39. The van der Waals surface area contributed by atoms with Crippen LogP contribution in [0.5, 0.6) is 11.5 Å². The zero-order chi connectivity index (χ0) is 22.0. The number of benzene rings is 1. The number of aliphatic hydroxyl groups excluding tert-OH is 1. The minimum Gasteiger partial charge on any atom is -0.497 e. The van der Waals surface area contributed by atoms with Gasteiger partial charge in [0.15, 0.2) is 5.82 Å². The van der Waals surface area contributed by atoms with Gasteiger partial charge < -0.3 is 30.0 Å². The van der Waals surface area contributed by atoms with E-state index in [4.69, 9.17) is 14.2 Å². The zero-order valence-electron chi connectivity index (χ0n) is 17.6. The number of rotatable bonds is 7. The maximum absolute atomic E-state index is 9.76. The lowest BCUT2D eigenvalue weighted by Crippen LogP contribution is -2.48. The van der Waals surface area contributed by atoms with E-state index in [1.165, 1.54) is 0 Å². The summed E-state index contributed by atoms with van der Waals surface area (Å²) in [6.07, 6.45) is 2.89. The summed E-state index contributed by atoms with van der Waals surface area (Å²) in [6, 6.07) is 5.63. The van der Waals surface area contributed by atoms with Crippen LogP contribution in [0, 0.1) is 0 Å². The van der Waals surface area contributed by atoms with Gasteiger partial charge in [0, 0.05) is 37.1 Å². The molecule has 1 saturated heterocycles. The molecule has 0 spiro atoms. The van der Waals surface area contributed by atoms with E-state index in [1.807, 2.05) is 28.8 Å². The van der Waals surface area contributed by atoms with Crippen LogP contribution in [0.15, 0.2) is 35.2 Å². The number of hydrogen-bond donors (Lipinski definition) is 3. The van der Waals surface area contributed by atoms with Gasteiger partial charge in [-0.15, -0.1) is 0 Å². The molecule has 1 aliphatic heterocycles. The van der Waals surface area contributed by atoms with Crippen LogP contribution in [0.1, 0.15) is 24.4 Å². The third-order valence-corrected chi connectivity index (χ3v) is 5.95. The Morgan fingerprint density at radius 2 is 2.23 bits per heavy atom. The van der Waals surface area contributed by atoms with E-state index in [2.05, 4.69) is 36.5 Å². The van der Waals surface area contributed by atoms with Crippen LogP contribution in [0.4, 0.5) is 5.82 Å². The average Bonchev–Trinajstić information content (AvgIpc) is 3.14. The number of methoxy groups -OCH3 is 2. The predicted octanol–water partition coefficient (Wildman–Crippen LogP) is 2.53. The quantitative estimate of drug-likeness (QED) is 0.463. The van der Waals surface area contributed by atoms with Crippen molar-refractivity contribution >= 4 is 27.3 Å². The highest BCUT2D eigenvalue weighted by atomic mass is 79.9. The van der Waals surface area contributed by atoms with Crippen LogP contribution in [0.25, 0.3) is 5.52 Å². The molecule has 2 aromatic heterocycles. The first-order valence-electron chi connectivity index (χ1n) is 10.0. The lowest BCUT2D eigenvalue weighted by molar-refractivity contribution is -0.0314. The molecule has 0 saturated carbocycles. The van der Waals surface area contributed by atoms with Gasteiger partial charge in [0.25, 0.3) is 0 Å². The number of hydrogen-bond acceptors (Lipinski definition) is 8. The summed E-state index contributed by atoms with van der Waals surface area (Å²) in [5, 5.41) is 16.5. The van der Waals surface area contributed by atoms with Crippen molar-refractivity contribution < 1.29 is 19.3 Å². The van der Waals surface area contributed by atoms with Crippen molar-refractivity contribution in [2.24, 2.45) is 0 Å². The van der Waals surface area contributed by atoms with Crippen LogP contribution in [-0.2, 0) is 11.3 Å². The largest absolute Gasteiger partial charge is 0.497 e. The highest BCUT2D eigenvalue weighted by Gasteiger charge is 2.29. The normalized spacial score (nSPS) is 19.9. The van der Waals surface area contributed by atoms with Crippen molar-refractivity contribution in [3.8, 4) is 11.5 Å². The molecule has 1 aliphatic rings. The summed E-state index contributed by atoms with van der Waals surface area (Å²) < 4.78 is 19.4. The molecule has 3 heterocycles. The van der Waals surface area contributed by atoms with Crippen LogP contribution in [-0.4, -0.2) is 59.0 Å². The average molecular weight is 492 g/mol. The number of nitrogens with one attached hydrogen (secondary N) is 2. The number of ether oxygens (including phenoxy) is 3. The summed E-state index contributed by atoms with van der Waals surface area (Å²) in [5.41, 5.74) is 1.80. The maximum Gasteiger partial charge on any atom is 0.153 e. The number of aliphatic hydroxyl groups is 1. The topological polar surface area (TPSA) is 102 Å². The summed E-state index contributed by atoms with van der Waals surface area (Å²) in [6.45, 7) is 3.26. The Kier molecular flexibility index (Phi) is 6.61. The van der Waals surface area contributed by atoms with Crippen molar-refractivity contribution in [2.75, 3.05) is 32.7 Å². The number of halogens is 1. The second-order valence-electron chi connectivity index (χ2n) is 7.36. The van der Waals surface area contributed by atoms with Gasteiger partial charge in [0.05, 0.1) is 33.0 Å². The molecule has 10 heteroatoms. The number of nitrogens with zero attached hydrogens (tertiary/aromatic N) is 3. The smallest absolute Gasteiger partial charge is 0.153 e. The van der Waals surface area contributed by atoms with Gasteiger partial charge in [-0.05, 0) is 35.0 Å². The third-order valence-electron chi connectivity index (χ3n) is 5.39. The highest BCUT2D eigenvalue weighted by molar-refractivity contribution is 9.10. The Morgan fingerprint density at radius 3 is 2.90 bits per heavy atom. The van der Waals surface area contributed by atoms with Crippen LogP contribution < -0.4 is 20.1 Å². The maximum atomic E-state index is 9.76. The molecule has 31 heavy (non-hydrogen) atoms. The molecule has 166 valence electrons. The van der Waals surface area contributed by atoms with E-state index in [0.29, 0.717) is 30.1 Å². The van der Waals surface area contributed by atoms with E-state index < -0.39 is 6.10 Å². The van der Waals surface area contributed by atoms with Crippen LogP contribution in [0.3, 0.4) is 0 Å². The molecule has 3 atom stereocenters. The molecule has 1 fully saturated rings. The van der Waals surface area contributed by atoms with Gasteiger partial charge in [0.2, 0.25) is 0 Å². The standard InChI is InChI=1S/C21H26BrN5O4/c1-12(28)15-11-31-17(10-24-15)21-26-19(22)18-20(23-6-7-27(18)21)25-9-13-4-5-14(29-2)8-16(13)30-3/h4-8,12,15,17,24,28H,9-11H2,1-3H3,(H,23,25)/t12?,15-,17+/m0/s1. The van der Waals surface area contributed by atoms with Gasteiger partial charge in [-0.1, -0.05) is 0 Å². The summed E-state index contributed by atoms with van der Waals surface area (Å²) in [5.74, 6) is 2.94. The minimum atomic E-state index is -0.473. The Hall–Kier alpha value is -2.40. The first kappa shape index (κ1) is 21.8. The van der Waals surface area contributed by atoms with Crippen molar-refractivity contribution in [1.82, 2.24) is 19.7 Å². The molecule has 0 aliphatic carbocycles. The van der Waals surface area contributed by atoms with Gasteiger partial charge in [-0.2, -0.15) is 0 Å². The molecule has 0 bridgehead atoms. The predicted molar refractivity (Wildman–Crippen MR) is 120 cm³/mol. The van der Waals surface area contributed by atoms with Gasteiger partial charge in [-0.3, -0.25) is 4.40 Å². The molecule has 3 N–H and O–H groups in total. The molecule has 0 radical (unpaired) electrons. The van der Waals surface area contributed by atoms with Crippen LogP contribution >= 0.6 is 15.9 Å². The van der Waals surface area contributed by atoms with Gasteiger partial charge >= 0.3 is 0 Å². The van der Waals surface area contributed by atoms with Crippen LogP contribution in [0.2, 0.25) is 0 Å². The SMILES string of the molecule is COc1ccc(CNc2nccn3c([C@H]4CN[C@H](C(C)O)CO4)nc(Br)c23)c(OC)c1. The van der Waals surface area contributed by atoms with E-state index in [-0.39, 0.29) is 12.1 Å². The van der Waals surface area contributed by atoms with Crippen molar-refractivity contribution in [1.29, 1.82) is 0 Å². The Balaban J connectivity index is 1.57. The summed E-state index contributed by atoms with van der Waals surface area (Å²) in [4.78, 5) is 9.20. The fourth-order valence-corrected chi connectivity index (χ4v) is 4.19. The van der Waals surface area contributed by atoms with E-state index in [0.717, 1.165) is 28.4 Å². The van der Waals surface area contributed by atoms with Gasteiger partial charge in [-0.25, -0.2) is 9.97 Å². The number of morpholine rings is 1. The lowest BCUT2D eigenvalue weighted by atomic mass is 10.1. The first-order valence-corrected chi connectivity index (χ1v) is 10.8. The van der Waals surface area contributed by atoms with E-state index in [9.17, 15) is 5.11 Å². The zero-order valence-corrected chi connectivity index (χ0v) is 19.2.